The molecule has 1 saturated carbocycles. The van der Waals surface area contributed by atoms with Crippen molar-refractivity contribution in [3.05, 3.63) is 28.8 Å². The molecule has 1 aliphatic rings. The highest BCUT2D eigenvalue weighted by Gasteiger charge is 2.25. The first-order chi connectivity index (χ1) is 8.60. The zero-order chi connectivity index (χ0) is 13.1. The number of halogens is 1. The lowest BCUT2D eigenvalue weighted by Crippen LogP contribution is -2.33. The van der Waals surface area contributed by atoms with Gasteiger partial charge in [0.15, 0.2) is 0 Å². The molecule has 3 atom stereocenters. The van der Waals surface area contributed by atoms with E-state index in [1.54, 1.807) is 6.07 Å². The van der Waals surface area contributed by atoms with Gasteiger partial charge in [0.1, 0.15) is 6.07 Å². The summed E-state index contributed by atoms with van der Waals surface area (Å²) in [6, 6.07) is 8.21. The molecule has 1 aliphatic carbocycles. The van der Waals surface area contributed by atoms with E-state index in [1.807, 2.05) is 12.1 Å². The summed E-state index contributed by atoms with van der Waals surface area (Å²) in [5, 5.41) is 13.1. The molecule has 1 N–H and O–H groups in total. The quantitative estimate of drug-likeness (QED) is 0.855. The first-order valence-electron chi connectivity index (χ1n) is 6.56. The predicted octanol–water partition coefficient (Wildman–Crippen LogP) is 4.45. The lowest BCUT2D eigenvalue weighted by molar-refractivity contribution is 0.281. The Kier molecular flexibility index (Phi) is 4.14. The van der Waals surface area contributed by atoms with Gasteiger partial charge in [0.25, 0.3) is 0 Å². The first kappa shape index (κ1) is 13.2. The van der Waals surface area contributed by atoms with Crippen molar-refractivity contribution >= 4 is 17.3 Å². The SMILES string of the molecule is CC1CCC(C)C(Nc2ccc(Cl)c(C#N)c2)C1. The van der Waals surface area contributed by atoms with Gasteiger partial charge < -0.3 is 5.32 Å². The largest absolute Gasteiger partial charge is 0.382 e. The second kappa shape index (κ2) is 5.63. The minimum absolute atomic E-state index is 0.501. The Balaban J connectivity index is 2.11. The number of anilines is 1. The summed E-state index contributed by atoms with van der Waals surface area (Å²) in [6.45, 7) is 4.60. The van der Waals surface area contributed by atoms with E-state index in [4.69, 9.17) is 16.9 Å². The van der Waals surface area contributed by atoms with Crippen molar-refractivity contribution in [2.75, 3.05) is 5.32 Å². The average molecular weight is 263 g/mol. The molecule has 0 heterocycles. The maximum absolute atomic E-state index is 8.98. The fraction of sp³-hybridized carbons (Fsp3) is 0.533. The van der Waals surface area contributed by atoms with Crippen LogP contribution in [0, 0.1) is 23.2 Å². The minimum atomic E-state index is 0.501. The van der Waals surface area contributed by atoms with E-state index in [2.05, 4.69) is 25.2 Å². The average Bonchev–Trinajstić information content (AvgIpc) is 2.36. The lowest BCUT2D eigenvalue weighted by atomic mass is 9.80. The normalized spacial score (nSPS) is 27.6. The number of nitrogens with zero attached hydrogens (tertiary/aromatic N) is 1. The van der Waals surface area contributed by atoms with E-state index < -0.39 is 0 Å². The van der Waals surface area contributed by atoms with E-state index in [-0.39, 0.29) is 0 Å². The van der Waals surface area contributed by atoms with Crippen LogP contribution in [-0.2, 0) is 0 Å². The van der Waals surface area contributed by atoms with Crippen LogP contribution in [0.5, 0.6) is 0 Å². The zero-order valence-electron chi connectivity index (χ0n) is 10.9. The number of rotatable bonds is 2. The van der Waals surface area contributed by atoms with Gasteiger partial charge in [-0.15, -0.1) is 0 Å². The van der Waals surface area contributed by atoms with Gasteiger partial charge in [0, 0.05) is 11.7 Å². The molecule has 0 aliphatic heterocycles. The molecule has 0 spiro atoms. The third-order valence-electron chi connectivity index (χ3n) is 3.90. The molecule has 0 aromatic heterocycles. The second-order valence-electron chi connectivity index (χ2n) is 5.45. The number of benzene rings is 1. The van der Waals surface area contributed by atoms with Crippen LogP contribution < -0.4 is 5.32 Å². The van der Waals surface area contributed by atoms with Crippen LogP contribution in [0.15, 0.2) is 18.2 Å². The van der Waals surface area contributed by atoms with E-state index in [0.717, 1.165) is 11.6 Å². The highest BCUT2D eigenvalue weighted by Crippen LogP contribution is 2.31. The molecule has 1 aromatic rings. The number of nitrogens with one attached hydrogen (secondary N) is 1. The lowest BCUT2D eigenvalue weighted by Gasteiger charge is -2.34. The number of hydrogen-bond donors (Lipinski definition) is 1. The Bertz CT molecular complexity index is 464. The Morgan fingerprint density at radius 3 is 2.83 bits per heavy atom. The summed E-state index contributed by atoms with van der Waals surface area (Å²) >= 11 is 5.94. The summed E-state index contributed by atoms with van der Waals surface area (Å²) in [5.41, 5.74) is 1.54. The Hall–Kier alpha value is -1.20. The molecule has 1 aromatic carbocycles. The monoisotopic (exact) mass is 262 g/mol. The molecule has 3 unspecified atom stereocenters. The number of nitriles is 1. The zero-order valence-corrected chi connectivity index (χ0v) is 11.7. The fourth-order valence-corrected chi connectivity index (χ4v) is 2.81. The second-order valence-corrected chi connectivity index (χ2v) is 5.86. The summed E-state index contributed by atoms with van der Waals surface area (Å²) in [4.78, 5) is 0. The summed E-state index contributed by atoms with van der Waals surface area (Å²) < 4.78 is 0. The molecule has 0 radical (unpaired) electrons. The van der Waals surface area contributed by atoms with Crippen molar-refractivity contribution in [2.45, 2.75) is 39.2 Å². The molecule has 0 saturated heterocycles. The molecule has 18 heavy (non-hydrogen) atoms. The molecule has 3 heteroatoms. The highest BCUT2D eigenvalue weighted by molar-refractivity contribution is 6.31. The van der Waals surface area contributed by atoms with Gasteiger partial charge in [-0.2, -0.15) is 5.26 Å². The minimum Gasteiger partial charge on any atom is -0.382 e. The Morgan fingerprint density at radius 1 is 1.33 bits per heavy atom. The van der Waals surface area contributed by atoms with E-state index in [0.29, 0.717) is 22.5 Å². The van der Waals surface area contributed by atoms with E-state index >= 15 is 0 Å². The first-order valence-corrected chi connectivity index (χ1v) is 6.94. The van der Waals surface area contributed by atoms with Crippen LogP contribution in [-0.4, -0.2) is 6.04 Å². The third-order valence-corrected chi connectivity index (χ3v) is 4.23. The van der Waals surface area contributed by atoms with Crippen molar-refractivity contribution in [2.24, 2.45) is 11.8 Å². The molecular formula is C15H19ClN2. The fourth-order valence-electron chi connectivity index (χ4n) is 2.65. The van der Waals surface area contributed by atoms with Gasteiger partial charge in [-0.25, -0.2) is 0 Å². The number of hydrogen-bond acceptors (Lipinski definition) is 2. The topological polar surface area (TPSA) is 35.8 Å². The molecule has 2 nitrogen and oxygen atoms in total. The molecule has 0 bridgehead atoms. The van der Waals surface area contributed by atoms with Gasteiger partial charge in [0.05, 0.1) is 10.6 Å². The van der Waals surface area contributed by atoms with Crippen molar-refractivity contribution in [3.63, 3.8) is 0 Å². The van der Waals surface area contributed by atoms with E-state index in [1.165, 1.54) is 19.3 Å². The summed E-state index contributed by atoms with van der Waals surface area (Å²) in [7, 11) is 0. The third kappa shape index (κ3) is 2.97. The molecule has 96 valence electrons. The van der Waals surface area contributed by atoms with Gasteiger partial charge in [-0.05, 0) is 42.9 Å². The van der Waals surface area contributed by atoms with Gasteiger partial charge in [-0.1, -0.05) is 31.9 Å². The molecular weight excluding hydrogens is 244 g/mol. The maximum atomic E-state index is 8.98. The van der Waals surface area contributed by atoms with Crippen LogP contribution in [0.3, 0.4) is 0 Å². The molecule has 1 fully saturated rings. The predicted molar refractivity (Wildman–Crippen MR) is 75.8 cm³/mol. The van der Waals surface area contributed by atoms with Crippen LogP contribution in [0.2, 0.25) is 5.02 Å². The van der Waals surface area contributed by atoms with Gasteiger partial charge in [-0.3, -0.25) is 0 Å². The maximum Gasteiger partial charge on any atom is 0.101 e. The Morgan fingerprint density at radius 2 is 2.11 bits per heavy atom. The van der Waals surface area contributed by atoms with Gasteiger partial charge in [0.2, 0.25) is 0 Å². The Labute approximate surface area is 114 Å². The van der Waals surface area contributed by atoms with Crippen LogP contribution in [0.25, 0.3) is 0 Å². The van der Waals surface area contributed by atoms with Crippen molar-refractivity contribution < 1.29 is 0 Å². The molecule has 2 rings (SSSR count). The molecule has 0 amide bonds. The standard InChI is InChI=1S/C15H19ClN2/c1-10-3-4-11(2)15(7-10)18-13-5-6-14(16)12(8-13)9-17/h5-6,8,10-11,15,18H,3-4,7H2,1-2H3. The summed E-state index contributed by atoms with van der Waals surface area (Å²) in [5.74, 6) is 1.46. The van der Waals surface area contributed by atoms with Crippen molar-refractivity contribution in [3.8, 4) is 6.07 Å². The van der Waals surface area contributed by atoms with Gasteiger partial charge >= 0.3 is 0 Å². The van der Waals surface area contributed by atoms with Crippen molar-refractivity contribution in [1.82, 2.24) is 0 Å². The van der Waals surface area contributed by atoms with Crippen LogP contribution in [0.4, 0.5) is 5.69 Å². The van der Waals surface area contributed by atoms with Crippen LogP contribution in [0.1, 0.15) is 38.7 Å². The van der Waals surface area contributed by atoms with Crippen LogP contribution >= 0.6 is 11.6 Å². The summed E-state index contributed by atoms with van der Waals surface area (Å²) in [6.07, 6.45) is 3.80. The smallest absolute Gasteiger partial charge is 0.101 e. The van der Waals surface area contributed by atoms with Crippen molar-refractivity contribution in [1.29, 1.82) is 5.26 Å². The van der Waals surface area contributed by atoms with E-state index in [9.17, 15) is 0 Å². The highest BCUT2D eigenvalue weighted by atomic mass is 35.5.